The van der Waals surface area contributed by atoms with Gasteiger partial charge in [0, 0.05) is 0 Å². The van der Waals surface area contributed by atoms with E-state index in [1.165, 1.54) is 11.0 Å². The maximum Gasteiger partial charge on any atom is 0.324 e. The molecule has 0 bridgehead atoms. The highest BCUT2D eigenvalue weighted by Gasteiger charge is 2.27. The van der Waals surface area contributed by atoms with E-state index in [0.717, 1.165) is 34.9 Å². The van der Waals surface area contributed by atoms with Gasteiger partial charge in [0.15, 0.2) is 26.4 Å². The number of benzene rings is 4. The van der Waals surface area contributed by atoms with Crippen LogP contribution in [0.5, 0.6) is 0 Å². The van der Waals surface area contributed by atoms with Gasteiger partial charge in [-0.1, -0.05) is 104 Å². The summed E-state index contributed by atoms with van der Waals surface area (Å²) in [4.78, 5) is 0.771. The van der Waals surface area contributed by atoms with Gasteiger partial charge < -0.3 is 4.65 Å². The van der Waals surface area contributed by atoms with Crippen LogP contribution in [0, 0.1) is 0 Å². The molecule has 0 unspecified atom stereocenters. The molecule has 9 heteroatoms. The van der Waals surface area contributed by atoms with E-state index in [1.807, 2.05) is 49.3 Å². The number of aryl methyl sites for hydroxylation is 1. The third kappa shape index (κ3) is 6.27. The first-order chi connectivity index (χ1) is 19.1. The van der Waals surface area contributed by atoms with Crippen LogP contribution in [0.1, 0.15) is 22.3 Å². The van der Waals surface area contributed by atoms with Gasteiger partial charge in [0.2, 0.25) is 0 Å². The Balaban J connectivity index is 0.000000161. The van der Waals surface area contributed by atoms with Gasteiger partial charge in [0.25, 0.3) is 0 Å². The minimum absolute atomic E-state index is 0.0248. The molecule has 40 heavy (non-hydrogen) atoms. The summed E-state index contributed by atoms with van der Waals surface area (Å²) >= 11 is 0. The van der Waals surface area contributed by atoms with Gasteiger partial charge >= 0.3 is 6.92 Å². The SMILES string of the molecule is CB1CCc2cccc(CS(=O)(=O)c3ccccc3)c21.CB1OCc2ccc(CS(=O)(=O)c3ccccc3)cc21. The van der Waals surface area contributed by atoms with Gasteiger partial charge in [-0.05, 0) is 52.8 Å². The van der Waals surface area contributed by atoms with Crippen molar-refractivity contribution in [1.29, 1.82) is 0 Å². The van der Waals surface area contributed by atoms with E-state index in [0.29, 0.717) is 23.1 Å². The summed E-state index contributed by atoms with van der Waals surface area (Å²) in [5.41, 5.74) is 6.61. The van der Waals surface area contributed by atoms with Gasteiger partial charge in [-0.25, -0.2) is 16.8 Å². The van der Waals surface area contributed by atoms with Gasteiger partial charge in [-0.15, -0.1) is 0 Å². The maximum absolute atomic E-state index is 12.5. The van der Waals surface area contributed by atoms with Crippen LogP contribution in [-0.2, 0) is 48.9 Å². The van der Waals surface area contributed by atoms with Crippen molar-refractivity contribution in [2.75, 3.05) is 0 Å². The zero-order valence-corrected chi connectivity index (χ0v) is 24.4. The molecule has 0 aromatic heterocycles. The van der Waals surface area contributed by atoms with E-state index in [9.17, 15) is 16.8 Å². The molecule has 2 aliphatic rings. The number of hydrogen-bond donors (Lipinski definition) is 0. The van der Waals surface area contributed by atoms with Crippen LogP contribution in [-0.4, -0.2) is 30.5 Å². The largest absolute Gasteiger partial charge is 0.427 e. The first kappa shape index (κ1) is 28.4. The van der Waals surface area contributed by atoms with Crippen molar-refractivity contribution in [3.8, 4) is 0 Å². The van der Waals surface area contributed by atoms with Gasteiger partial charge in [0.05, 0.1) is 27.9 Å². The second-order valence-electron chi connectivity index (χ2n) is 10.6. The summed E-state index contributed by atoms with van der Waals surface area (Å²) in [6.07, 6.45) is 2.19. The highest BCUT2D eigenvalue weighted by atomic mass is 32.2. The van der Waals surface area contributed by atoms with Crippen LogP contribution in [0.3, 0.4) is 0 Å². The lowest BCUT2D eigenvalue weighted by atomic mass is 9.47. The molecule has 0 amide bonds. The minimum Gasteiger partial charge on any atom is -0.427 e. The second kappa shape index (κ2) is 11.8. The molecule has 0 aliphatic carbocycles. The van der Waals surface area contributed by atoms with Crippen molar-refractivity contribution in [3.05, 3.63) is 119 Å². The molecule has 0 radical (unpaired) electrons. The minimum atomic E-state index is -3.29. The molecule has 0 fully saturated rings. The summed E-state index contributed by atoms with van der Waals surface area (Å²) in [5, 5.41) is 0. The predicted octanol–water partition coefficient (Wildman–Crippen LogP) is 4.57. The molecule has 4 aromatic carbocycles. The Bertz CT molecular complexity index is 1710. The van der Waals surface area contributed by atoms with Crippen LogP contribution in [0.4, 0.5) is 0 Å². The van der Waals surface area contributed by atoms with E-state index < -0.39 is 19.7 Å². The average Bonchev–Trinajstić information content (AvgIpc) is 3.52. The molecule has 0 atom stereocenters. The van der Waals surface area contributed by atoms with Gasteiger partial charge in [-0.2, -0.15) is 0 Å². The Morgan fingerprint density at radius 1 is 0.700 bits per heavy atom. The Morgan fingerprint density at radius 2 is 1.32 bits per heavy atom. The fourth-order valence-corrected chi connectivity index (χ4v) is 8.31. The van der Waals surface area contributed by atoms with Crippen LogP contribution < -0.4 is 10.9 Å². The van der Waals surface area contributed by atoms with Crippen molar-refractivity contribution >= 4 is 44.2 Å². The van der Waals surface area contributed by atoms with Crippen molar-refractivity contribution in [2.24, 2.45) is 0 Å². The Kier molecular flexibility index (Phi) is 8.36. The highest BCUT2D eigenvalue weighted by Crippen LogP contribution is 2.22. The van der Waals surface area contributed by atoms with E-state index >= 15 is 0 Å². The number of hydrogen-bond acceptors (Lipinski definition) is 5. The highest BCUT2D eigenvalue weighted by molar-refractivity contribution is 7.91. The topological polar surface area (TPSA) is 77.5 Å². The summed E-state index contributed by atoms with van der Waals surface area (Å²) in [6, 6.07) is 29.1. The van der Waals surface area contributed by atoms with Crippen LogP contribution in [0.25, 0.3) is 0 Å². The third-order valence-electron chi connectivity index (χ3n) is 7.67. The van der Waals surface area contributed by atoms with E-state index in [-0.39, 0.29) is 18.4 Å². The fourth-order valence-electron chi connectivity index (χ4n) is 5.55. The fraction of sp³-hybridized carbons (Fsp3) is 0.226. The predicted molar refractivity (Wildman–Crippen MR) is 163 cm³/mol. The van der Waals surface area contributed by atoms with Gasteiger partial charge in [-0.3, -0.25) is 0 Å². The summed E-state index contributed by atoms with van der Waals surface area (Å²) in [7, 11) is -6.55. The Labute approximate surface area is 238 Å². The molecule has 6 rings (SSSR count). The zero-order chi connectivity index (χ0) is 28.3. The first-order valence-corrected chi connectivity index (χ1v) is 16.8. The van der Waals surface area contributed by atoms with E-state index in [1.54, 1.807) is 48.5 Å². The van der Waals surface area contributed by atoms with Crippen LogP contribution >= 0.6 is 0 Å². The van der Waals surface area contributed by atoms with Crippen molar-refractivity contribution in [3.63, 3.8) is 0 Å². The van der Waals surface area contributed by atoms with E-state index in [2.05, 4.69) is 12.9 Å². The molecule has 204 valence electrons. The standard InChI is InChI=1S/C16H17BO2S.C15H15BO3S/c1-17-11-10-13-6-5-7-14(16(13)17)12-20(18,19)15-8-3-2-4-9-15;1-16-15-9-12(7-8-13(15)10-19-16)11-20(17,18)14-5-3-2-4-6-14/h2-9H,10-12H2,1H3;2-9H,10-11H2,1H3. The average molecular weight is 570 g/mol. The lowest BCUT2D eigenvalue weighted by molar-refractivity contribution is 0.333. The van der Waals surface area contributed by atoms with Crippen molar-refractivity contribution in [1.82, 2.24) is 0 Å². The molecule has 4 aromatic rings. The molecule has 0 spiro atoms. The summed E-state index contributed by atoms with van der Waals surface area (Å²) in [6.45, 7) is 5.30. The van der Waals surface area contributed by atoms with Crippen LogP contribution in [0.15, 0.2) is 107 Å². The van der Waals surface area contributed by atoms with Crippen molar-refractivity contribution < 1.29 is 21.5 Å². The quantitative estimate of drug-likeness (QED) is 0.318. The summed E-state index contributed by atoms with van der Waals surface area (Å²) < 4.78 is 55.3. The van der Waals surface area contributed by atoms with Gasteiger partial charge in [0.1, 0.15) is 0 Å². The summed E-state index contributed by atoms with van der Waals surface area (Å²) in [5.74, 6) is 0.127. The molecule has 5 nitrogen and oxygen atoms in total. The number of sulfone groups is 2. The second-order valence-corrected chi connectivity index (χ2v) is 14.5. The Hall–Kier alpha value is -3.13. The number of rotatable bonds is 6. The monoisotopic (exact) mass is 570 g/mol. The molecular weight excluding hydrogens is 538 g/mol. The first-order valence-electron chi connectivity index (χ1n) is 13.5. The lowest BCUT2D eigenvalue weighted by Gasteiger charge is -2.11. The zero-order valence-electron chi connectivity index (χ0n) is 22.8. The molecule has 2 heterocycles. The van der Waals surface area contributed by atoms with Crippen molar-refractivity contribution in [2.45, 2.75) is 54.3 Å². The van der Waals surface area contributed by atoms with Crippen LogP contribution in [0.2, 0.25) is 20.0 Å². The third-order valence-corrected chi connectivity index (χ3v) is 11.1. The Morgan fingerprint density at radius 3 is 1.98 bits per heavy atom. The lowest BCUT2D eigenvalue weighted by Crippen LogP contribution is -2.28. The molecule has 0 N–H and O–H groups in total. The maximum atomic E-state index is 12.5. The van der Waals surface area contributed by atoms with E-state index in [4.69, 9.17) is 4.65 Å². The molecule has 0 saturated carbocycles. The number of fused-ring (bicyclic) bond motifs is 2. The molecule has 0 saturated heterocycles. The molecular formula is C31H32B2O5S2. The molecule has 2 aliphatic heterocycles. The smallest absolute Gasteiger partial charge is 0.324 e. The normalized spacial score (nSPS) is 14.3.